The van der Waals surface area contributed by atoms with Crippen molar-refractivity contribution < 1.29 is 0 Å². The van der Waals surface area contributed by atoms with E-state index in [1.807, 2.05) is 0 Å². The number of nitrogens with zero attached hydrogens (tertiary/aromatic N) is 1. The summed E-state index contributed by atoms with van der Waals surface area (Å²) in [4.78, 5) is 2.54. The Bertz CT molecular complexity index is 358. The highest BCUT2D eigenvalue weighted by Crippen LogP contribution is 2.21. The SMILES string of the molecule is CC(C)c1ccc(CN2CCCCC2CCl)cc1. The minimum Gasteiger partial charge on any atom is -0.295 e. The molecule has 0 spiro atoms. The zero-order valence-electron chi connectivity index (χ0n) is 11.5. The summed E-state index contributed by atoms with van der Waals surface area (Å²) in [5, 5.41) is 0. The van der Waals surface area contributed by atoms with Crippen molar-refractivity contribution >= 4 is 11.6 Å². The first-order valence-corrected chi connectivity index (χ1v) is 7.63. The second kappa shape index (κ2) is 6.58. The Morgan fingerprint density at radius 2 is 1.94 bits per heavy atom. The summed E-state index contributed by atoms with van der Waals surface area (Å²) in [5.74, 6) is 1.38. The van der Waals surface area contributed by atoms with Crippen LogP contribution in [0.4, 0.5) is 0 Å². The maximum Gasteiger partial charge on any atom is 0.0379 e. The van der Waals surface area contributed by atoms with Gasteiger partial charge in [-0.25, -0.2) is 0 Å². The molecule has 1 saturated heterocycles. The molecular formula is C16H24ClN. The lowest BCUT2D eigenvalue weighted by Gasteiger charge is -2.34. The topological polar surface area (TPSA) is 3.24 Å². The molecule has 2 rings (SSSR count). The predicted molar refractivity (Wildman–Crippen MR) is 79.3 cm³/mol. The molecule has 1 heterocycles. The average Bonchev–Trinajstić information content (AvgIpc) is 2.40. The van der Waals surface area contributed by atoms with Gasteiger partial charge in [-0.1, -0.05) is 44.5 Å². The molecule has 1 fully saturated rings. The molecule has 0 amide bonds. The standard InChI is InChI=1S/C16H24ClN/c1-13(2)15-8-6-14(7-9-15)12-18-10-4-3-5-16(18)11-17/h6-9,13,16H,3-5,10-12H2,1-2H3. The van der Waals surface area contributed by atoms with E-state index in [2.05, 4.69) is 43.0 Å². The molecule has 0 aliphatic carbocycles. The van der Waals surface area contributed by atoms with E-state index in [4.69, 9.17) is 11.6 Å². The van der Waals surface area contributed by atoms with Crippen LogP contribution in [0.5, 0.6) is 0 Å². The van der Waals surface area contributed by atoms with Gasteiger partial charge >= 0.3 is 0 Å². The van der Waals surface area contributed by atoms with Crippen LogP contribution in [0, 0.1) is 0 Å². The van der Waals surface area contributed by atoms with E-state index in [9.17, 15) is 0 Å². The second-order valence-corrected chi connectivity index (χ2v) is 5.98. The van der Waals surface area contributed by atoms with Gasteiger partial charge in [-0.2, -0.15) is 0 Å². The van der Waals surface area contributed by atoms with Crippen LogP contribution in [0.25, 0.3) is 0 Å². The molecule has 0 aromatic heterocycles. The van der Waals surface area contributed by atoms with E-state index in [1.54, 1.807) is 0 Å². The van der Waals surface area contributed by atoms with Crippen molar-refractivity contribution in [2.45, 2.75) is 51.6 Å². The van der Waals surface area contributed by atoms with Gasteiger partial charge in [0.2, 0.25) is 0 Å². The monoisotopic (exact) mass is 265 g/mol. The first kappa shape index (κ1) is 13.9. The zero-order chi connectivity index (χ0) is 13.0. The predicted octanol–water partition coefficient (Wildman–Crippen LogP) is 4.40. The van der Waals surface area contributed by atoms with E-state index in [0.717, 1.165) is 12.4 Å². The highest BCUT2D eigenvalue weighted by molar-refractivity contribution is 6.18. The molecular weight excluding hydrogens is 242 g/mol. The van der Waals surface area contributed by atoms with Crippen molar-refractivity contribution in [3.63, 3.8) is 0 Å². The van der Waals surface area contributed by atoms with Crippen molar-refractivity contribution in [2.75, 3.05) is 12.4 Å². The number of likely N-dealkylation sites (tertiary alicyclic amines) is 1. The fourth-order valence-corrected chi connectivity index (χ4v) is 3.03. The van der Waals surface area contributed by atoms with Gasteiger partial charge in [-0.15, -0.1) is 11.6 Å². The summed E-state index contributed by atoms with van der Waals surface area (Å²) in [6.07, 6.45) is 3.91. The van der Waals surface area contributed by atoms with Crippen molar-refractivity contribution in [3.05, 3.63) is 35.4 Å². The van der Waals surface area contributed by atoms with Gasteiger partial charge in [0, 0.05) is 18.5 Å². The number of alkyl halides is 1. The van der Waals surface area contributed by atoms with Gasteiger partial charge in [0.15, 0.2) is 0 Å². The number of piperidine rings is 1. The van der Waals surface area contributed by atoms with Gasteiger partial charge in [0.25, 0.3) is 0 Å². The summed E-state index contributed by atoms with van der Waals surface area (Å²) in [6.45, 7) is 6.73. The van der Waals surface area contributed by atoms with Crippen molar-refractivity contribution in [2.24, 2.45) is 0 Å². The van der Waals surface area contributed by atoms with Gasteiger partial charge < -0.3 is 0 Å². The molecule has 1 aromatic carbocycles. The third kappa shape index (κ3) is 3.49. The molecule has 0 saturated carbocycles. The molecule has 0 N–H and O–H groups in total. The van der Waals surface area contributed by atoms with Crippen LogP contribution in [0.3, 0.4) is 0 Å². The minimum atomic E-state index is 0.574. The summed E-state index contributed by atoms with van der Waals surface area (Å²) in [7, 11) is 0. The molecule has 18 heavy (non-hydrogen) atoms. The number of hydrogen-bond acceptors (Lipinski definition) is 1. The Morgan fingerprint density at radius 3 is 2.56 bits per heavy atom. The molecule has 1 unspecified atom stereocenters. The van der Waals surface area contributed by atoms with E-state index in [1.165, 1.54) is 36.9 Å². The van der Waals surface area contributed by atoms with Crippen LogP contribution in [-0.2, 0) is 6.54 Å². The van der Waals surface area contributed by atoms with E-state index in [-0.39, 0.29) is 0 Å². The van der Waals surface area contributed by atoms with E-state index >= 15 is 0 Å². The summed E-state index contributed by atoms with van der Waals surface area (Å²) < 4.78 is 0. The highest BCUT2D eigenvalue weighted by Gasteiger charge is 2.21. The Morgan fingerprint density at radius 1 is 1.22 bits per heavy atom. The zero-order valence-corrected chi connectivity index (χ0v) is 12.3. The van der Waals surface area contributed by atoms with Crippen molar-refractivity contribution in [3.8, 4) is 0 Å². The molecule has 1 nitrogen and oxygen atoms in total. The summed E-state index contributed by atoms with van der Waals surface area (Å²) in [5.41, 5.74) is 2.84. The number of hydrogen-bond donors (Lipinski definition) is 0. The van der Waals surface area contributed by atoms with Crippen LogP contribution in [0.2, 0.25) is 0 Å². The Labute approximate surface area is 116 Å². The molecule has 1 aliphatic rings. The minimum absolute atomic E-state index is 0.574. The number of halogens is 1. The van der Waals surface area contributed by atoms with Gasteiger partial charge in [-0.3, -0.25) is 4.90 Å². The first-order chi connectivity index (χ1) is 8.70. The molecule has 100 valence electrons. The largest absolute Gasteiger partial charge is 0.295 e. The maximum absolute atomic E-state index is 6.07. The number of rotatable bonds is 4. The third-order valence-electron chi connectivity index (χ3n) is 3.96. The molecule has 2 heteroatoms. The van der Waals surface area contributed by atoms with Gasteiger partial charge in [0.05, 0.1) is 0 Å². The lowest BCUT2D eigenvalue weighted by atomic mass is 10.00. The van der Waals surface area contributed by atoms with E-state index < -0.39 is 0 Å². The van der Waals surface area contributed by atoms with Gasteiger partial charge in [0.1, 0.15) is 0 Å². The van der Waals surface area contributed by atoms with Crippen LogP contribution >= 0.6 is 11.6 Å². The fraction of sp³-hybridized carbons (Fsp3) is 0.625. The molecule has 0 radical (unpaired) electrons. The lowest BCUT2D eigenvalue weighted by Crippen LogP contribution is -2.40. The molecule has 1 aliphatic heterocycles. The molecule has 1 atom stereocenters. The second-order valence-electron chi connectivity index (χ2n) is 5.67. The van der Waals surface area contributed by atoms with Crippen molar-refractivity contribution in [1.82, 2.24) is 4.90 Å². The fourth-order valence-electron chi connectivity index (χ4n) is 2.69. The summed E-state index contributed by atoms with van der Waals surface area (Å²) >= 11 is 6.07. The summed E-state index contributed by atoms with van der Waals surface area (Å²) in [6, 6.07) is 9.65. The Hall–Kier alpha value is -0.530. The van der Waals surface area contributed by atoms with Crippen LogP contribution in [0.15, 0.2) is 24.3 Å². The third-order valence-corrected chi connectivity index (χ3v) is 4.32. The van der Waals surface area contributed by atoms with E-state index in [0.29, 0.717) is 12.0 Å². The van der Waals surface area contributed by atoms with Gasteiger partial charge in [-0.05, 0) is 36.4 Å². The highest BCUT2D eigenvalue weighted by atomic mass is 35.5. The first-order valence-electron chi connectivity index (χ1n) is 7.09. The van der Waals surface area contributed by atoms with Crippen LogP contribution in [-0.4, -0.2) is 23.4 Å². The normalized spacial score (nSPS) is 21.4. The Balaban J connectivity index is 1.99. The van der Waals surface area contributed by atoms with Crippen molar-refractivity contribution in [1.29, 1.82) is 0 Å². The Kier molecular flexibility index (Phi) is 5.08. The van der Waals surface area contributed by atoms with Crippen LogP contribution < -0.4 is 0 Å². The smallest absolute Gasteiger partial charge is 0.0379 e. The maximum atomic E-state index is 6.07. The average molecular weight is 266 g/mol. The number of benzene rings is 1. The lowest BCUT2D eigenvalue weighted by molar-refractivity contribution is 0.155. The molecule has 1 aromatic rings. The van der Waals surface area contributed by atoms with Crippen LogP contribution in [0.1, 0.15) is 50.2 Å². The quantitative estimate of drug-likeness (QED) is 0.730. The molecule has 0 bridgehead atoms.